The van der Waals surface area contributed by atoms with Crippen molar-refractivity contribution < 1.29 is 4.79 Å². The van der Waals surface area contributed by atoms with Crippen LogP contribution >= 0.6 is 27.7 Å². The van der Waals surface area contributed by atoms with E-state index in [9.17, 15) is 4.79 Å². The van der Waals surface area contributed by atoms with E-state index in [1.165, 1.54) is 11.1 Å². The molecule has 0 radical (unpaired) electrons. The van der Waals surface area contributed by atoms with Crippen LogP contribution in [-0.2, 0) is 16.0 Å². The van der Waals surface area contributed by atoms with Crippen molar-refractivity contribution in [2.24, 2.45) is 5.10 Å². The lowest BCUT2D eigenvalue weighted by atomic mass is 9.86. The van der Waals surface area contributed by atoms with Gasteiger partial charge in [-0.2, -0.15) is 5.10 Å². The molecule has 1 N–H and O–H groups in total. The van der Waals surface area contributed by atoms with E-state index in [2.05, 4.69) is 65.4 Å². The van der Waals surface area contributed by atoms with Crippen molar-refractivity contribution in [3.8, 4) is 0 Å². The van der Waals surface area contributed by atoms with Gasteiger partial charge in [-0.25, -0.2) is 5.43 Å². The molecule has 0 fully saturated rings. The number of nitrogens with zero attached hydrogens (tertiary/aromatic N) is 1. The lowest BCUT2D eigenvalue weighted by molar-refractivity contribution is -0.118. The first-order valence-electron chi connectivity index (χ1n) is 8.52. The van der Waals surface area contributed by atoms with Crippen molar-refractivity contribution in [2.75, 3.05) is 5.75 Å². The van der Waals surface area contributed by atoms with E-state index in [1.807, 2.05) is 37.3 Å². The normalized spacial score (nSPS) is 12.1. The molecule has 0 aliphatic heterocycles. The minimum atomic E-state index is -0.0901. The maximum absolute atomic E-state index is 12.0. The number of hydrogen-bond acceptors (Lipinski definition) is 3. The number of amides is 1. The number of carbonyl (C=O) groups is 1. The van der Waals surface area contributed by atoms with Gasteiger partial charge in [0, 0.05) is 10.2 Å². The summed E-state index contributed by atoms with van der Waals surface area (Å²) in [5.74, 6) is 1.07. The van der Waals surface area contributed by atoms with Crippen LogP contribution in [0.1, 0.15) is 44.4 Å². The van der Waals surface area contributed by atoms with E-state index in [-0.39, 0.29) is 11.3 Å². The fourth-order valence-corrected chi connectivity index (χ4v) is 3.76. The lowest BCUT2D eigenvalue weighted by Gasteiger charge is -2.19. The summed E-state index contributed by atoms with van der Waals surface area (Å²) in [6, 6.07) is 16.4. The van der Waals surface area contributed by atoms with Crippen molar-refractivity contribution in [3.05, 3.63) is 69.7 Å². The van der Waals surface area contributed by atoms with Crippen molar-refractivity contribution in [1.82, 2.24) is 5.43 Å². The van der Waals surface area contributed by atoms with Crippen LogP contribution in [-0.4, -0.2) is 17.4 Å². The summed E-state index contributed by atoms with van der Waals surface area (Å²) < 4.78 is 1.07. The quantitative estimate of drug-likeness (QED) is 0.482. The van der Waals surface area contributed by atoms with Gasteiger partial charge < -0.3 is 0 Å². The maximum Gasteiger partial charge on any atom is 0.250 e. The molecular formula is C21H25BrN2OS. The average molecular weight is 433 g/mol. The van der Waals surface area contributed by atoms with Crippen LogP contribution in [0.4, 0.5) is 0 Å². The van der Waals surface area contributed by atoms with Crippen LogP contribution in [0.2, 0.25) is 0 Å². The number of hydrogen-bond donors (Lipinski definition) is 1. The van der Waals surface area contributed by atoms with E-state index in [0.717, 1.165) is 21.5 Å². The van der Waals surface area contributed by atoms with E-state index in [1.54, 1.807) is 11.8 Å². The van der Waals surface area contributed by atoms with Crippen molar-refractivity contribution in [3.63, 3.8) is 0 Å². The topological polar surface area (TPSA) is 41.5 Å². The van der Waals surface area contributed by atoms with E-state index in [0.29, 0.717) is 5.75 Å². The molecule has 138 valence electrons. The van der Waals surface area contributed by atoms with Gasteiger partial charge in [0.2, 0.25) is 5.91 Å². The van der Waals surface area contributed by atoms with Gasteiger partial charge in [0.25, 0.3) is 0 Å². The zero-order chi connectivity index (χ0) is 19.2. The highest BCUT2D eigenvalue weighted by Gasteiger charge is 2.13. The van der Waals surface area contributed by atoms with E-state index >= 15 is 0 Å². The SMILES string of the molecule is C/C(=N\NC(=O)CSCc1ccccc1Br)c1ccc(C(C)(C)C)cc1. The Morgan fingerprint density at radius 2 is 1.77 bits per heavy atom. The molecule has 2 rings (SSSR count). The van der Waals surface area contributed by atoms with Gasteiger partial charge in [0.1, 0.15) is 0 Å². The summed E-state index contributed by atoms with van der Waals surface area (Å²) in [7, 11) is 0. The molecule has 0 atom stereocenters. The number of hydrazone groups is 1. The van der Waals surface area contributed by atoms with Crippen molar-refractivity contribution in [1.29, 1.82) is 0 Å². The van der Waals surface area contributed by atoms with Crippen molar-refractivity contribution >= 4 is 39.3 Å². The Kier molecular flexibility index (Phi) is 7.47. The monoisotopic (exact) mass is 432 g/mol. The molecule has 2 aromatic carbocycles. The van der Waals surface area contributed by atoms with Gasteiger partial charge in [-0.15, -0.1) is 11.8 Å². The number of nitrogens with one attached hydrogen (secondary N) is 1. The van der Waals surface area contributed by atoms with E-state index in [4.69, 9.17) is 0 Å². The van der Waals surface area contributed by atoms with Gasteiger partial charge >= 0.3 is 0 Å². The maximum atomic E-state index is 12.0. The van der Waals surface area contributed by atoms with Crippen LogP contribution in [0.25, 0.3) is 0 Å². The average Bonchev–Trinajstić information content (AvgIpc) is 2.60. The third-order valence-electron chi connectivity index (χ3n) is 3.97. The minimum absolute atomic E-state index is 0.0901. The molecule has 5 heteroatoms. The highest BCUT2D eigenvalue weighted by molar-refractivity contribution is 9.10. The highest BCUT2D eigenvalue weighted by Crippen LogP contribution is 2.22. The third kappa shape index (κ3) is 6.29. The van der Waals surface area contributed by atoms with Crippen LogP contribution in [0.3, 0.4) is 0 Å². The molecule has 0 unspecified atom stereocenters. The third-order valence-corrected chi connectivity index (χ3v) is 5.72. The van der Waals surface area contributed by atoms with Gasteiger partial charge in [0.15, 0.2) is 0 Å². The van der Waals surface area contributed by atoms with Crippen molar-refractivity contribution in [2.45, 2.75) is 38.9 Å². The Hall–Kier alpha value is -1.59. The Labute approximate surface area is 168 Å². The first-order valence-corrected chi connectivity index (χ1v) is 10.5. The molecule has 0 aliphatic rings. The molecule has 0 aliphatic carbocycles. The Balaban J connectivity index is 1.84. The predicted molar refractivity (Wildman–Crippen MR) is 116 cm³/mol. The van der Waals surface area contributed by atoms with Crippen LogP contribution in [0, 0.1) is 0 Å². The second-order valence-corrected chi connectivity index (χ2v) is 8.98. The molecule has 0 heterocycles. The molecule has 1 amide bonds. The van der Waals surface area contributed by atoms with E-state index < -0.39 is 0 Å². The standard InChI is InChI=1S/C21H25BrN2OS/c1-15(16-9-11-18(12-10-16)21(2,3)4)23-24-20(25)14-26-13-17-7-5-6-8-19(17)22/h5-12H,13-14H2,1-4H3,(H,24,25)/b23-15+. The number of carbonyl (C=O) groups excluding carboxylic acids is 1. The molecule has 2 aromatic rings. The van der Waals surface area contributed by atoms with Gasteiger partial charge in [0.05, 0.1) is 11.5 Å². The summed E-state index contributed by atoms with van der Waals surface area (Å²) in [5.41, 5.74) is 7.05. The first kappa shape index (κ1) is 20.7. The lowest BCUT2D eigenvalue weighted by Crippen LogP contribution is -2.21. The second kappa shape index (κ2) is 9.38. The van der Waals surface area contributed by atoms with Gasteiger partial charge in [-0.3, -0.25) is 4.79 Å². The predicted octanol–water partition coefficient (Wildman–Crippen LogP) is 5.52. The molecule has 0 saturated carbocycles. The molecule has 0 bridgehead atoms. The Morgan fingerprint density at radius 3 is 2.38 bits per heavy atom. The fraction of sp³-hybridized carbons (Fsp3) is 0.333. The summed E-state index contributed by atoms with van der Waals surface area (Å²) in [5, 5.41) is 4.22. The van der Waals surface area contributed by atoms with Crippen LogP contribution in [0.5, 0.6) is 0 Å². The zero-order valence-corrected chi connectivity index (χ0v) is 18.1. The smallest absolute Gasteiger partial charge is 0.250 e. The largest absolute Gasteiger partial charge is 0.272 e. The summed E-state index contributed by atoms with van der Waals surface area (Å²) in [4.78, 5) is 12.0. The molecular weight excluding hydrogens is 408 g/mol. The minimum Gasteiger partial charge on any atom is -0.272 e. The summed E-state index contributed by atoms with van der Waals surface area (Å²) >= 11 is 5.09. The van der Waals surface area contributed by atoms with Gasteiger partial charge in [-0.1, -0.05) is 79.2 Å². The number of halogens is 1. The number of rotatable bonds is 6. The molecule has 0 aromatic heterocycles. The summed E-state index contributed by atoms with van der Waals surface area (Å²) in [6.07, 6.45) is 0. The first-order chi connectivity index (χ1) is 12.3. The van der Waals surface area contributed by atoms with Crippen LogP contribution in [0.15, 0.2) is 58.1 Å². The zero-order valence-electron chi connectivity index (χ0n) is 15.7. The Bertz CT molecular complexity index is 779. The van der Waals surface area contributed by atoms with Crippen LogP contribution < -0.4 is 5.43 Å². The molecule has 3 nitrogen and oxygen atoms in total. The number of benzene rings is 2. The molecule has 26 heavy (non-hydrogen) atoms. The number of thioether (sulfide) groups is 1. The molecule has 0 saturated heterocycles. The second-order valence-electron chi connectivity index (χ2n) is 7.14. The highest BCUT2D eigenvalue weighted by atomic mass is 79.9. The Morgan fingerprint density at radius 1 is 1.12 bits per heavy atom. The fourth-order valence-electron chi connectivity index (χ4n) is 2.32. The molecule has 0 spiro atoms. The van der Waals surface area contributed by atoms with Gasteiger partial charge in [-0.05, 0) is 35.1 Å². The summed E-state index contributed by atoms with van der Waals surface area (Å²) in [6.45, 7) is 8.47.